The van der Waals surface area contributed by atoms with Crippen LogP contribution in [-0.4, -0.2) is 20.9 Å². The van der Waals surface area contributed by atoms with Gasteiger partial charge in [-0.15, -0.1) is 0 Å². The third-order valence-electron chi connectivity index (χ3n) is 3.76. The first kappa shape index (κ1) is 17.1. The van der Waals surface area contributed by atoms with Gasteiger partial charge >= 0.3 is 5.97 Å². The minimum Gasteiger partial charge on any atom is -0.451 e. The first-order valence-corrected chi connectivity index (χ1v) is 7.60. The smallest absolute Gasteiger partial charge is 0.339 e. The number of rotatable bonds is 4. The van der Waals surface area contributed by atoms with E-state index in [9.17, 15) is 19.7 Å². The number of nitrogens with zero attached hydrogens (tertiary/aromatic N) is 2. The van der Waals surface area contributed by atoms with Gasteiger partial charge in [0.15, 0.2) is 11.9 Å². The molecule has 26 heavy (non-hydrogen) atoms. The summed E-state index contributed by atoms with van der Waals surface area (Å²) in [7, 11) is 0. The summed E-state index contributed by atoms with van der Waals surface area (Å²) in [4.78, 5) is 41.4. The number of esters is 1. The molecule has 3 aromatic rings. The van der Waals surface area contributed by atoms with Gasteiger partial charge in [-0.2, -0.15) is 0 Å². The van der Waals surface area contributed by atoms with Crippen molar-refractivity contribution in [3.63, 3.8) is 0 Å². The number of ether oxygens (including phenoxy) is 1. The van der Waals surface area contributed by atoms with E-state index in [1.807, 2.05) is 0 Å². The molecule has 9 heteroatoms. The summed E-state index contributed by atoms with van der Waals surface area (Å²) in [6.07, 6.45) is -0.864. The van der Waals surface area contributed by atoms with E-state index in [4.69, 9.17) is 10.5 Å². The molecule has 0 aliphatic carbocycles. The van der Waals surface area contributed by atoms with Crippen LogP contribution in [0, 0.1) is 10.1 Å². The zero-order valence-corrected chi connectivity index (χ0v) is 13.6. The fourth-order valence-corrected chi connectivity index (χ4v) is 2.41. The molecular weight excluding hydrogens is 340 g/mol. The van der Waals surface area contributed by atoms with E-state index in [1.54, 1.807) is 24.3 Å². The first-order chi connectivity index (χ1) is 12.4. The average Bonchev–Trinajstić information content (AvgIpc) is 2.61. The molecule has 0 aliphatic heterocycles. The summed E-state index contributed by atoms with van der Waals surface area (Å²) in [6.45, 7) is 1.54. The highest BCUT2D eigenvalue weighted by Crippen LogP contribution is 2.24. The maximum absolute atomic E-state index is 12.3. The number of carbonyl (C=O) groups is 1. The Morgan fingerprint density at radius 1 is 1.31 bits per heavy atom. The molecule has 3 rings (SSSR count). The van der Waals surface area contributed by atoms with Crippen molar-refractivity contribution < 1.29 is 14.5 Å². The molecule has 0 saturated heterocycles. The molecule has 0 radical (unpaired) electrons. The number of hydrogen-bond acceptors (Lipinski definition) is 7. The normalized spacial score (nSPS) is 11.9. The fraction of sp³-hybridized carbons (Fsp3) is 0.118. The molecule has 1 atom stereocenters. The first-order valence-electron chi connectivity index (χ1n) is 7.60. The van der Waals surface area contributed by atoms with Crippen LogP contribution in [-0.2, 0) is 4.74 Å². The van der Waals surface area contributed by atoms with E-state index in [1.165, 1.54) is 19.1 Å². The van der Waals surface area contributed by atoms with Crippen LogP contribution >= 0.6 is 0 Å². The molecule has 0 spiro atoms. The van der Waals surface area contributed by atoms with Gasteiger partial charge in [0.05, 0.1) is 21.4 Å². The van der Waals surface area contributed by atoms with Crippen LogP contribution < -0.4 is 11.3 Å². The molecule has 1 heterocycles. The molecule has 0 saturated carbocycles. The topological polar surface area (TPSA) is 141 Å². The van der Waals surface area contributed by atoms with Gasteiger partial charge in [-0.05, 0) is 31.2 Å². The molecule has 3 N–H and O–H groups in total. The Balaban J connectivity index is 1.87. The van der Waals surface area contributed by atoms with Gasteiger partial charge in [-0.1, -0.05) is 12.1 Å². The number of nitrogens with one attached hydrogen (secondary N) is 1. The molecule has 132 valence electrons. The standard InChI is InChI=1S/C17H14N4O5/c1-9(15-19-13-5-3-2-4-11(13)16(22)20-15)26-17(23)10-6-7-12(18)14(8-10)21(24)25/h2-9H,18H2,1H3,(H,19,20,22)/t9-/m1/s1. The van der Waals surface area contributed by atoms with Crippen molar-refractivity contribution >= 4 is 28.2 Å². The summed E-state index contributed by atoms with van der Waals surface area (Å²) in [5.41, 5.74) is 5.16. The SMILES string of the molecule is C[C@@H](OC(=O)c1ccc(N)c([N+](=O)[O-])c1)c1nc2ccccc2c(=O)[nH]1. The number of benzene rings is 2. The molecule has 0 fully saturated rings. The van der Waals surface area contributed by atoms with Crippen LogP contribution in [0.4, 0.5) is 11.4 Å². The largest absolute Gasteiger partial charge is 0.451 e. The summed E-state index contributed by atoms with van der Waals surface area (Å²) in [5, 5.41) is 11.3. The van der Waals surface area contributed by atoms with E-state index in [0.717, 1.165) is 6.07 Å². The van der Waals surface area contributed by atoms with Gasteiger partial charge < -0.3 is 15.5 Å². The molecule has 0 unspecified atom stereocenters. The van der Waals surface area contributed by atoms with Crippen molar-refractivity contribution in [2.75, 3.05) is 5.73 Å². The van der Waals surface area contributed by atoms with Crippen molar-refractivity contribution in [3.8, 4) is 0 Å². The Labute approximate surface area is 146 Å². The predicted octanol–water partition coefficient (Wildman–Crippen LogP) is 2.33. The second-order valence-electron chi connectivity index (χ2n) is 5.55. The van der Waals surface area contributed by atoms with Gasteiger partial charge in [0, 0.05) is 6.07 Å². The molecule has 0 aliphatic rings. The van der Waals surface area contributed by atoms with Crippen LogP contribution in [0.2, 0.25) is 0 Å². The number of hydrogen-bond donors (Lipinski definition) is 2. The summed E-state index contributed by atoms with van der Waals surface area (Å²) < 4.78 is 5.27. The molecule has 9 nitrogen and oxygen atoms in total. The van der Waals surface area contributed by atoms with Gasteiger partial charge in [0.1, 0.15) is 5.69 Å². The van der Waals surface area contributed by atoms with Crippen LogP contribution in [0.1, 0.15) is 29.2 Å². The van der Waals surface area contributed by atoms with E-state index < -0.39 is 17.0 Å². The lowest BCUT2D eigenvalue weighted by molar-refractivity contribution is -0.383. The number of anilines is 1. The number of nitrogen functional groups attached to an aromatic ring is 1. The number of nitrogens with two attached hydrogens (primary N) is 1. The van der Waals surface area contributed by atoms with E-state index in [0.29, 0.717) is 10.9 Å². The van der Waals surface area contributed by atoms with Gasteiger partial charge in [-0.25, -0.2) is 9.78 Å². The van der Waals surface area contributed by atoms with Crippen molar-refractivity contribution in [2.24, 2.45) is 0 Å². The Kier molecular flexibility index (Phi) is 4.36. The molecule has 1 aromatic heterocycles. The summed E-state index contributed by atoms with van der Waals surface area (Å²) in [5.74, 6) is -0.622. The lowest BCUT2D eigenvalue weighted by Crippen LogP contribution is -2.17. The van der Waals surface area contributed by atoms with Crippen molar-refractivity contribution in [1.82, 2.24) is 9.97 Å². The van der Waals surface area contributed by atoms with Crippen LogP contribution in [0.5, 0.6) is 0 Å². The molecule has 0 amide bonds. The lowest BCUT2D eigenvalue weighted by atomic mass is 10.2. The highest BCUT2D eigenvalue weighted by atomic mass is 16.6. The maximum atomic E-state index is 12.3. The minimum absolute atomic E-state index is 0.0270. The Bertz CT molecular complexity index is 1080. The molecule has 2 aromatic carbocycles. The van der Waals surface area contributed by atoms with Crippen molar-refractivity contribution in [1.29, 1.82) is 0 Å². The Morgan fingerprint density at radius 2 is 2.04 bits per heavy atom. The Morgan fingerprint density at radius 3 is 2.77 bits per heavy atom. The third kappa shape index (κ3) is 3.22. The number of aromatic amines is 1. The van der Waals surface area contributed by atoms with E-state index in [-0.39, 0.29) is 28.3 Å². The predicted molar refractivity (Wildman–Crippen MR) is 93.7 cm³/mol. The second kappa shape index (κ2) is 6.63. The zero-order valence-electron chi connectivity index (χ0n) is 13.6. The average molecular weight is 354 g/mol. The highest BCUT2D eigenvalue weighted by molar-refractivity contribution is 5.91. The van der Waals surface area contributed by atoms with E-state index in [2.05, 4.69) is 9.97 Å². The summed E-state index contributed by atoms with van der Waals surface area (Å²) in [6, 6.07) is 10.4. The van der Waals surface area contributed by atoms with Crippen molar-refractivity contribution in [2.45, 2.75) is 13.0 Å². The third-order valence-corrected chi connectivity index (χ3v) is 3.76. The van der Waals surface area contributed by atoms with Gasteiger partial charge in [0.2, 0.25) is 0 Å². The quantitative estimate of drug-likeness (QED) is 0.317. The van der Waals surface area contributed by atoms with Gasteiger partial charge in [0.25, 0.3) is 11.2 Å². The number of fused-ring (bicyclic) bond motifs is 1. The van der Waals surface area contributed by atoms with Gasteiger partial charge in [-0.3, -0.25) is 14.9 Å². The number of H-pyrrole nitrogens is 1. The second-order valence-corrected chi connectivity index (χ2v) is 5.55. The number of nitro benzene ring substituents is 1. The number of nitro groups is 1. The van der Waals surface area contributed by atoms with Crippen LogP contribution in [0.15, 0.2) is 47.3 Å². The number of para-hydroxylation sites is 1. The highest BCUT2D eigenvalue weighted by Gasteiger charge is 2.20. The van der Waals surface area contributed by atoms with Crippen LogP contribution in [0.25, 0.3) is 10.9 Å². The Hall–Kier alpha value is -3.75. The van der Waals surface area contributed by atoms with Crippen molar-refractivity contribution in [3.05, 3.63) is 74.3 Å². The molecule has 0 bridgehead atoms. The summed E-state index contributed by atoms with van der Waals surface area (Å²) >= 11 is 0. The number of carbonyl (C=O) groups excluding carboxylic acids is 1. The number of aromatic nitrogens is 2. The monoisotopic (exact) mass is 354 g/mol. The minimum atomic E-state index is -0.864. The fourth-order valence-electron chi connectivity index (χ4n) is 2.41. The van der Waals surface area contributed by atoms with Crippen LogP contribution in [0.3, 0.4) is 0 Å². The molecular formula is C17H14N4O5. The maximum Gasteiger partial charge on any atom is 0.339 e. The van der Waals surface area contributed by atoms with E-state index >= 15 is 0 Å². The lowest BCUT2D eigenvalue weighted by Gasteiger charge is -2.13. The zero-order chi connectivity index (χ0) is 18.8.